The number of nitrogens with one attached hydrogen (secondary N) is 2. The van der Waals surface area contributed by atoms with Crippen molar-refractivity contribution >= 4 is 44.7 Å². The van der Waals surface area contributed by atoms with Gasteiger partial charge in [-0.2, -0.15) is 0 Å². The number of rotatable bonds is 7. The molecule has 0 aliphatic carbocycles. The first-order valence-electron chi connectivity index (χ1n) is 11.2. The number of carbonyl (C=O) groups is 1. The van der Waals surface area contributed by atoms with E-state index in [9.17, 15) is 13.2 Å². The Bertz CT molecular complexity index is 1280. The van der Waals surface area contributed by atoms with Crippen molar-refractivity contribution in [2.24, 2.45) is 0 Å². The Labute approximate surface area is 210 Å². The van der Waals surface area contributed by atoms with Crippen LogP contribution in [0, 0.1) is 6.92 Å². The van der Waals surface area contributed by atoms with Gasteiger partial charge < -0.3 is 15.1 Å². The number of halogens is 1. The molecule has 1 aliphatic rings. The van der Waals surface area contributed by atoms with Crippen molar-refractivity contribution in [2.45, 2.75) is 24.8 Å². The summed E-state index contributed by atoms with van der Waals surface area (Å²) in [6, 6.07) is 13.4. The third kappa shape index (κ3) is 6.01. The van der Waals surface area contributed by atoms with Crippen LogP contribution in [0.5, 0.6) is 0 Å². The summed E-state index contributed by atoms with van der Waals surface area (Å²) in [7, 11) is -3.75. The number of amides is 1. The van der Waals surface area contributed by atoms with Crippen LogP contribution in [0.15, 0.2) is 66.0 Å². The van der Waals surface area contributed by atoms with Gasteiger partial charge in [-0.05, 0) is 67.9 Å². The largest absolute Gasteiger partial charge is 0.374 e. The second-order valence-corrected chi connectivity index (χ2v) is 10.5. The molecule has 11 heteroatoms. The highest BCUT2D eigenvalue weighted by atomic mass is 35.5. The Morgan fingerprint density at radius 1 is 1.06 bits per heavy atom. The molecule has 184 valence electrons. The van der Waals surface area contributed by atoms with Gasteiger partial charge in [-0.25, -0.2) is 18.4 Å². The predicted octanol–water partition coefficient (Wildman–Crippen LogP) is 3.39. The van der Waals surface area contributed by atoms with Crippen molar-refractivity contribution in [2.75, 3.05) is 41.1 Å². The number of nitrogens with zero attached hydrogens (tertiary/aromatic N) is 4. The first kappa shape index (κ1) is 24.7. The molecule has 1 aliphatic heterocycles. The van der Waals surface area contributed by atoms with Crippen molar-refractivity contribution < 1.29 is 13.2 Å². The number of hydrogen-bond donors (Lipinski definition) is 2. The maximum atomic E-state index is 13.0. The number of anilines is 3. The third-order valence-corrected chi connectivity index (χ3v) is 7.46. The lowest BCUT2D eigenvalue weighted by Gasteiger charge is -2.37. The Hall–Kier alpha value is -3.37. The van der Waals surface area contributed by atoms with Gasteiger partial charge in [0.25, 0.3) is 10.0 Å². The topological polar surface area (TPSA) is 108 Å². The van der Waals surface area contributed by atoms with E-state index in [4.69, 9.17) is 11.6 Å². The van der Waals surface area contributed by atoms with E-state index in [1.54, 1.807) is 30.3 Å². The summed E-state index contributed by atoms with van der Waals surface area (Å²) in [5, 5.41) is 3.94. The van der Waals surface area contributed by atoms with Crippen molar-refractivity contribution in [3.05, 3.63) is 71.6 Å². The molecule has 1 unspecified atom stereocenters. The lowest BCUT2D eigenvalue weighted by molar-refractivity contribution is -0.131. The first-order valence-corrected chi connectivity index (χ1v) is 13.0. The van der Waals surface area contributed by atoms with Crippen LogP contribution in [-0.2, 0) is 14.8 Å². The van der Waals surface area contributed by atoms with Crippen LogP contribution in [0.1, 0.15) is 12.5 Å². The molecule has 35 heavy (non-hydrogen) atoms. The molecule has 0 bridgehead atoms. The van der Waals surface area contributed by atoms with E-state index in [0.29, 0.717) is 31.2 Å². The molecule has 1 amide bonds. The van der Waals surface area contributed by atoms with Crippen LogP contribution < -0.4 is 14.9 Å². The number of carbonyl (C=O) groups excluding carboxylic acids is 1. The normalized spacial score (nSPS) is 14.9. The SMILES string of the molecule is Cc1cc(Cl)ccc1NC(C)C(=O)N1CCN(c2ccc(S(=O)(=O)Nc3ccncn3)cc2)CC1. The average Bonchev–Trinajstić information content (AvgIpc) is 2.86. The highest BCUT2D eigenvalue weighted by molar-refractivity contribution is 7.92. The van der Waals surface area contributed by atoms with E-state index in [1.807, 2.05) is 30.9 Å². The van der Waals surface area contributed by atoms with Crippen molar-refractivity contribution in [3.63, 3.8) is 0 Å². The molecular formula is C24H27ClN6O3S. The summed E-state index contributed by atoms with van der Waals surface area (Å²) in [5.41, 5.74) is 2.78. The Balaban J connectivity index is 1.33. The van der Waals surface area contributed by atoms with Crippen molar-refractivity contribution in [1.29, 1.82) is 0 Å². The van der Waals surface area contributed by atoms with Gasteiger partial charge in [0.05, 0.1) is 4.90 Å². The Kier molecular flexibility index (Phi) is 7.42. The minimum absolute atomic E-state index is 0.0382. The van der Waals surface area contributed by atoms with Gasteiger partial charge in [-0.15, -0.1) is 0 Å². The van der Waals surface area contributed by atoms with Gasteiger partial charge in [0.2, 0.25) is 5.91 Å². The molecule has 0 spiro atoms. The molecule has 0 radical (unpaired) electrons. The molecule has 1 saturated heterocycles. The maximum Gasteiger partial charge on any atom is 0.263 e. The number of hydrogen-bond acceptors (Lipinski definition) is 7. The molecule has 2 heterocycles. The van der Waals surface area contributed by atoms with Gasteiger partial charge in [0.15, 0.2) is 0 Å². The Morgan fingerprint density at radius 2 is 1.77 bits per heavy atom. The Morgan fingerprint density at radius 3 is 2.40 bits per heavy atom. The van der Waals surface area contributed by atoms with Gasteiger partial charge in [-0.1, -0.05) is 11.6 Å². The standard InChI is InChI=1S/C24H27ClN6O3S/c1-17-15-19(25)3-8-22(17)28-18(2)24(32)31-13-11-30(12-14-31)20-4-6-21(7-5-20)35(33,34)29-23-9-10-26-16-27-23/h3-10,15-16,18,28H,11-14H2,1-2H3,(H,26,27,29). The minimum atomic E-state index is -3.75. The van der Waals surface area contributed by atoms with E-state index < -0.39 is 10.0 Å². The summed E-state index contributed by atoms with van der Waals surface area (Å²) in [5.74, 6) is 0.246. The molecule has 2 N–H and O–H groups in total. The molecule has 4 rings (SSSR count). The average molecular weight is 515 g/mol. The van der Waals surface area contributed by atoms with E-state index in [2.05, 4.69) is 24.9 Å². The minimum Gasteiger partial charge on any atom is -0.374 e. The summed E-state index contributed by atoms with van der Waals surface area (Å²) < 4.78 is 27.6. The van der Waals surface area contributed by atoms with Crippen LogP contribution in [0.25, 0.3) is 0 Å². The number of aryl methyl sites for hydroxylation is 1. The summed E-state index contributed by atoms with van der Waals surface area (Å²) in [6.07, 6.45) is 2.74. The van der Waals surface area contributed by atoms with Crippen LogP contribution in [0.3, 0.4) is 0 Å². The third-order valence-electron chi connectivity index (χ3n) is 5.86. The molecule has 2 aromatic carbocycles. The molecular weight excluding hydrogens is 488 g/mol. The molecule has 1 fully saturated rings. The first-order chi connectivity index (χ1) is 16.7. The van der Waals surface area contributed by atoms with Gasteiger partial charge in [0.1, 0.15) is 18.2 Å². The fourth-order valence-electron chi connectivity index (χ4n) is 3.93. The molecule has 1 aromatic heterocycles. The van der Waals surface area contributed by atoms with E-state index >= 15 is 0 Å². The molecule has 9 nitrogen and oxygen atoms in total. The fourth-order valence-corrected chi connectivity index (χ4v) is 5.16. The number of benzene rings is 2. The van der Waals surface area contributed by atoms with E-state index in [1.165, 1.54) is 18.6 Å². The van der Waals surface area contributed by atoms with Gasteiger partial charge in [-0.3, -0.25) is 9.52 Å². The van der Waals surface area contributed by atoms with Crippen molar-refractivity contribution in [1.82, 2.24) is 14.9 Å². The zero-order valence-electron chi connectivity index (χ0n) is 19.5. The smallest absolute Gasteiger partial charge is 0.263 e. The van der Waals surface area contributed by atoms with Crippen LogP contribution >= 0.6 is 11.6 Å². The van der Waals surface area contributed by atoms with Gasteiger partial charge in [0, 0.05) is 48.8 Å². The number of piperazine rings is 1. The second-order valence-electron chi connectivity index (χ2n) is 8.33. The zero-order chi connectivity index (χ0) is 25.0. The lowest BCUT2D eigenvalue weighted by Crippen LogP contribution is -2.52. The quantitative estimate of drug-likeness (QED) is 0.497. The monoisotopic (exact) mass is 514 g/mol. The number of aromatic nitrogens is 2. The van der Waals surface area contributed by atoms with E-state index in [-0.39, 0.29) is 22.7 Å². The van der Waals surface area contributed by atoms with Crippen molar-refractivity contribution in [3.8, 4) is 0 Å². The van der Waals surface area contributed by atoms with Crippen LogP contribution in [0.2, 0.25) is 5.02 Å². The number of sulfonamides is 1. The van der Waals surface area contributed by atoms with E-state index in [0.717, 1.165) is 16.9 Å². The molecule has 3 aromatic rings. The summed E-state index contributed by atoms with van der Waals surface area (Å²) in [4.78, 5) is 24.8. The fraction of sp³-hybridized carbons (Fsp3) is 0.292. The predicted molar refractivity (Wildman–Crippen MR) is 137 cm³/mol. The zero-order valence-corrected chi connectivity index (χ0v) is 21.1. The molecule has 1 atom stereocenters. The lowest BCUT2D eigenvalue weighted by atomic mass is 10.1. The molecule has 0 saturated carbocycles. The van der Waals surface area contributed by atoms with Crippen LogP contribution in [-0.4, -0.2) is 61.4 Å². The summed E-state index contributed by atoms with van der Waals surface area (Å²) >= 11 is 6.02. The maximum absolute atomic E-state index is 13.0. The summed E-state index contributed by atoms with van der Waals surface area (Å²) in [6.45, 7) is 6.29. The van der Waals surface area contributed by atoms with Crippen LogP contribution in [0.4, 0.5) is 17.2 Å². The second kappa shape index (κ2) is 10.5. The highest BCUT2D eigenvalue weighted by Crippen LogP contribution is 2.23. The highest BCUT2D eigenvalue weighted by Gasteiger charge is 2.25. The van der Waals surface area contributed by atoms with Gasteiger partial charge >= 0.3 is 0 Å².